The second kappa shape index (κ2) is 8.26. The first-order chi connectivity index (χ1) is 12.7. The Hall–Kier alpha value is -3.19. The number of rotatable bonds is 7. The highest BCUT2D eigenvalue weighted by molar-refractivity contribution is 5.67. The number of nitrogens with zero attached hydrogens (tertiary/aromatic N) is 3. The van der Waals surface area contributed by atoms with Crippen LogP contribution in [-0.4, -0.2) is 39.8 Å². The molecule has 3 N–H and O–H groups in total. The van der Waals surface area contributed by atoms with Gasteiger partial charge in [0.2, 0.25) is 5.95 Å². The maximum Gasteiger partial charge on any atom is 0.225 e. The molecule has 1 aromatic carbocycles. The lowest BCUT2D eigenvalue weighted by Crippen LogP contribution is -2.21. The van der Waals surface area contributed by atoms with Crippen LogP contribution in [0.25, 0.3) is 11.3 Å². The van der Waals surface area contributed by atoms with Crippen molar-refractivity contribution in [1.82, 2.24) is 15.0 Å². The normalized spacial score (nSPS) is 11.7. The first kappa shape index (κ1) is 17.6. The highest BCUT2D eigenvalue weighted by Crippen LogP contribution is 2.25. The van der Waals surface area contributed by atoms with Crippen LogP contribution >= 0.6 is 0 Å². The molecule has 0 saturated heterocycles. The summed E-state index contributed by atoms with van der Waals surface area (Å²) in [5.74, 6) is 1.81. The Morgan fingerprint density at radius 2 is 2.04 bits per heavy atom. The Bertz CT molecular complexity index is 858. The van der Waals surface area contributed by atoms with Crippen LogP contribution in [0.15, 0.2) is 54.9 Å². The number of benzene rings is 1. The van der Waals surface area contributed by atoms with Crippen LogP contribution in [0.5, 0.6) is 5.75 Å². The molecule has 0 aliphatic rings. The van der Waals surface area contributed by atoms with Crippen molar-refractivity contribution in [3.63, 3.8) is 0 Å². The van der Waals surface area contributed by atoms with E-state index in [9.17, 15) is 5.11 Å². The van der Waals surface area contributed by atoms with Crippen molar-refractivity contribution in [1.29, 1.82) is 0 Å². The maximum absolute atomic E-state index is 9.29. The van der Waals surface area contributed by atoms with Gasteiger partial charge in [-0.25, -0.2) is 4.98 Å². The predicted molar refractivity (Wildman–Crippen MR) is 102 cm³/mol. The third kappa shape index (κ3) is 4.46. The monoisotopic (exact) mass is 351 g/mol. The molecule has 2 aromatic heterocycles. The second-order valence-corrected chi connectivity index (χ2v) is 5.79. The zero-order valence-electron chi connectivity index (χ0n) is 14.7. The van der Waals surface area contributed by atoms with E-state index >= 15 is 0 Å². The summed E-state index contributed by atoms with van der Waals surface area (Å²) >= 11 is 0. The summed E-state index contributed by atoms with van der Waals surface area (Å²) in [7, 11) is 1.63. The van der Waals surface area contributed by atoms with Crippen LogP contribution < -0.4 is 15.4 Å². The highest BCUT2D eigenvalue weighted by Gasteiger charge is 2.10. The molecular formula is C19H21N5O2. The van der Waals surface area contributed by atoms with Gasteiger partial charge in [0.1, 0.15) is 11.6 Å². The lowest BCUT2D eigenvalue weighted by Gasteiger charge is -2.14. The van der Waals surface area contributed by atoms with E-state index in [0.29, 0.717) is 11.8 Å². The molecule has 0 saturated carbocycles. The van der Waals surface area contributed by atoms with Gasteiger partial charge in [-0.1, -0.05) is 6.07 Å². The number of methoxy groups -OCH3 is 1. The van der Waals surface area contributed by atoms with Crippen molar-refractivity contribution in [2.75, 3.05) is 24.4 Å². The van der Waals surface area contributed by atoms with Gasteiger partial charge in [0.15, 0.2) is 0 Å². The van der Waals surface area contributed by atoms with Crippen molar-refractivity contribution in [2.45, 2.75) is 13.0 Å². The largest absolute Gasteiger partial charge is 0.497 e. The van der Waals surface area contributed by atoms with Gasteiger partial charge in [0, 0.05) is 41.8 Å². The topological polar surface area (TPSA) is 92.2 Å². The molecule has 0 spiro atoms. The molecular weight excluding hydrogens is 330 g/mol. The summed E-state index contributed by atoms with van der Waals surface area (Å²) in [5, 5.41) is 15.6. The third-order valence-electron chi connectivity index (χ3n) is 3.67. The van der Waals surface area contributed by atoms with Gasteiger partial charge in [-0.2, -0.15) is 4.98 Å². The molecule has 0 aliphatic heterocycles. The molecule has 2 heterocycles. The number of nitrogens with one attached hydrogen (secondary N) is 2. The van der Waals surface area contributed by atoms with Crippen molar-refractivity contribution in [3.8, 4) is 17.0 Å². The Labute approximate surface area is 152 Å². The first-order valence-electron chi connectivity index (χ1n) is 8.26. The zero-order chi connectivity index (χ0) is 18.4. The Balaban J connectivity index is 1.96. The fourth-order valence-electron chi connectivity index (χ4n) is 2.35. The van der Waals surface area contributed by atoms with Crippen LogP contribution in [0, 0.1) is 0 Å². The Kier molecular flexibility index (Phi) is 5.60. The molecule has 7 heteroatoms. The van der Waals surface area contributed by atoms with Crippen LogP contribution in [0.2, 0.25) is 0 Å². The number of aliphatic hydroxyl groups excluding tert-OH is 1. The molecule has 134 valence electrons. The van der Waals surface area contributed by atoms with Gasteiger partial charge in [0.05, 0.1) is 19.4 Å². The Morgan fingerprint density at radius 1 is 1.15 bits per heavy atom. The van der Waals surface area contributed by atoms with Crippen LogP contribution in [0.1, 0.15) is 6.92 Å². The number of hydrogen-bond acceptors (Lipinski definition) is 7. The Morgan fingerprint density at radius 3 is 2.77 bits per heavy atom. The smallest absolute Gasteiger partial charge is 0.225 e. The van der Waals surface area contributed by atoms with E-state index < -0.39 is 0 Å². The fourth-order valence-corrected chi connectivity index (χ4v) is 2.35. The van der Waals surface area contributed by atoms with Crippen molar-refractivity contribution in [2.24, 2.45) is 0 Å². The van der Waals surface area contributed by atoms with Crippen LogP contribution in [-0.2, 0) is 0 Å². The van der Waals surface area contributed by atoms with Crippen LogP contribution in [0.4, 0.5) is 17.5 Å². The van der Waals surface area contributed by atoms with Gasteiger partial charge < -0.3 is 20.5 Å². The number of aliphatic hydroxyl groups is 1. The molecule has 26 heavy (non-hydrogen) atoms. The molecule has 0 amide bonds. The van der Waals surface area contributed by atoms with Gasteiger partial charge in [0.25, 0.3) is 0 Å². The van der Waals surface area contributed by atoms with Gasteiger partial charge >= 0.3 is 0 Å². The van der Waals surface area contributed by atoms with E-state index in [4.69, 9.17) is 4.74 Å². The number of pyridine rings is 1. The summed E-state index contributed by atoms with van der Waals surface area (Å²) in [5.41, 5.74) is 2.45. The second-order valence-electron chi connectivity index (χ2n) is 5.79. The molecule has 0 radical (unpaired) electrons. The molecule has 0 fully saturated rings. The molecule has 3 aromatic rings. The molecule has 0 unspecified atom stereocenters. The zero-order valence-corrected chi connectivity index (χ0v) is 14.7. The fraction of sp³-hybridized carbons (Fsp3) is 0.211. The van der Waals surface area contributed by atoms with E-state index in [1.165, 1.54) is 0 Å². The van der Waals surface area contributed by atoms with E-state index in [1.807, 2.05) is 49.4 Å². The van der Waals surface area contributed by atoms with E-state index in [1.54, 1.807) is 19.5 Å². The summed E-state index contributed by atoms with van der Waals surface area (Å²) in [6, 6.07) is 13.1. The van der Waals surface area contributed by atoms with E-state index in [-0.39, 0.29) is 12.6 Å². The average Bonchev–Trinajstić information content (AvgIpc) is 2.68. The molecule has 3 rings (SSSR count). The number of anilines is 3. The van der Waals surface area contributed by atoms with Crippen molar-refractivity contribution < 1.29 is 9.84 Å². The number of ether oxygens (including phenoxy) is 1. The quantitative estimate of drug-likeness (QED) is 0.602. The SMILES string of the molecule is COc1cccc(Nc2cc(-c3cccnc3)nc(N[C@@H](C)CO)n2)c1. The van der Waals surface area contributed by atoms with Crippen molar-refractivity contribution >= 4 is 17.5 Å². The van der Waals surface area contributed by atoms with Crippen molar-refractivity contribution in [3.05, 3.63) is 54.9 Å². The molecule has 1 atom stereocenters. The number of hydrogen-bond donors (Lipinski definition) is 3. The molecule has 7 nitrogen and oxygen atoms in total. The standard InChI is InChI=1S/C19H21N5O2/c1-13(12-25)21-19-23-17(14-5-4-8-20-11-14)10-18(24-19)22-15-6-3-7-16(9-15)26-2/h3-11,13,25H,12H2,1-2H3,(H2,21,22,23,24)/t13-/m0/s1. The highest BCUT2D eigenvalue weighted by atomic mass is 16.5. The summed E-state index contributed by atoms with van der Waals surface area (Å²) in [6.07, 6.45) is 3.46. The number of aromatic nitrogens is 3. The minimum atomic E-state index is -0.163. The van der Waals surface area contributed by atoms with Crippen LogP contribution in [0.3, 0.4) is 0 Å². The summed E-state index contributed by atoms with van der Waals surface area (Å²) in [6.45, 7) is 1.84. The predicted octanol–water partition coefficient (Wildman–Crippen LogP) is 3.08. The average molecular weight is 351 g/mol. The van der Waals surface area contributed by atoms with E-state index in [2.05, 4.69) is 25.6 Å². The molecule has 0 bridgehead atoms. The first-order valence-corrected chi connectivity index (χ1v) is 8.26. The van der Waals surface area contributed by atoms with E-state index in [0.717, 1.165) is 22.7 Å². The minimum Gasteiger partial charge on any atom is -0.497 e. The van der Waals surface area contributed by atoms with Gasteiger partial charge in [-0.3, -0.25) is 4.98 Å². The third-order valence-corrected chi connectivity index (χ3v) is 3.67. The lowest BCUT2D eigenvalue weighted by molar-refractivity contribution is 0.281. The molecule has 0 aliphatic carbocycles. The summed E-state index contributed by atoms with van der Waals surface area (Å²) < 4.78 is 5.26. The maximum atomic E-state index is 9.29. The minimum absolute atomic E-state index is 0.0148. The lowest BCUT2D eigenvalue weighted by atomic mass is 10.2. The summed E-state index contributed by atoms with van der Waals surface area (Å²) in [4.78, 5) is 13.2. The van der Waals surface area contributed by atoms with Gasteiger partial charge in [-0.05, 0) is 31.2 Å². The van der Waals surface area contributed by atoms with Gasteiger partial charge in [-0.15, -0.1) is 0 Å².